The molecule has 0 bridgehead atoms. The summed E-state index contributed by atoms with van der Waals surface area (Å²) in [5.74, 6) is -0.0706. The lowest BCUT2D eigenvalue weighted by Crippen LogP contribution is -2.07. The number of carboxylic acids is 1. The van der Waals surface area contributed by atoms with Crippen molar-refractivity contribution < 1.29 is 19.4 Å². The quantitative estimate of drug-likeness (QED) is 0.802. The Morgan fingerprint density at radius 3 is 2.32 bits per heavy atom. The minimum Gasteiger partial charge on any atom is -0.496 e. The van der Waals surface area contributed by atoms with Crippen LogP contribution in [0.5, 0.6) is 5.75 Å². The first-order chi connectivity index (χ1) is 8.88. The number of carboxylic acid groups (broad SMARTS) is 1. The van der Waals surface area contributed by atoms with Gasteiger partial charge in [0.25, 0.3) is 0 Å². The lowest BCUT2D eigenvalue weighted by Gasteiger charge is -2.14. The number of hydrogen-bond donors (Lipinski definition) is 1. The molecule has 0 radical (unpaired) electrons. The summed E-state index contributed by atoms with van der Waals surface area (Å²) in [7, 11) is 1.61. The maximum atomic E-state index is 12.1. The Kier molecular flexibility index (Phi) is 5.10. The molecule has 0 saturated heterocycles. The predicted molar refractivity (Wildman–Crippen MR) is 73.0 cm³/mol. The molecule has 0 aliphatic carbocycles. The van der Waals surface area contributed by atoms with Gasteiger partial charge in [-0.05, 0) is 49.9 Å². The van der Waals surface area contributed by atoms with Gasteiger partial charge in [-0.3, -0.25) is 9.59 Å². The molecule has 0 aliphatic heterocycles. The fourth-order valence-corrected chi connectivity index (χ4v) is 2.20. The van der Waals surface area contributed by atoms with Crippen LogP contribution in [0.25, 0.3) is 0 Å². The molecular formula is C15H20O4. The molecule has 0 heterocycles. The summed E-state index contributed by atoms with van der Waals surface area (Å²) >= 11 is 0. The van der Waals surface area contributed by atoms with Crippen LogP contribution in [-0.2, 0) is 4.79 Å². The highest BCUT2D eigenvalue weighted by molar-refractivity contribution is 5.98. The van der Waals surface area contributed by atoms with Gasteiger partial charge in [0.1, 0.15) is 5.75 Å². The minimum atomic E-state index is -0.869. The largest absolute Gasteiger partial charge is 0.496 e. The van der Waals surface area contributed by atoms with E-state index in [1.165, 1.54) is 0 Å². The highest BCUT2D eigenvalue weighted by atomic mass is 16.5. The molecule has 1 rings (SSSR count). The number of aliphatic carboxylic acids is 1. The van der Waals surface area contributed by atoms with Gasteiger partial charge in [0.2, 0.25) is 0 Å². The predicted octanol–water partition coefficient (Wildman–Crippen LogP) is 3.06. The van der Waals surface area contributed by atoms with Gasteiger partial charge in [-0.15, -0.1) is 0 Å². The van der Waals surface area contributed by atoms with Crippen LogP contribution in [0.4, 0.5) is 0 Å². The summed E-state index contributed by atoms with van der Waals surface area (Å²) < 4.78 is 5.31. The smallest absolute Gasteiger partial charge is 0.303 e. The van der Waals surface area contributed by atoms with E-state index in [9.17, 15) is 9.59 Å². The molecule has 104 valence electrons. The Labute approximate surface area is 113 Å². The van der Waals surface area contributed by atoms with Gasteiger partial charge in [-0.2, -0.15) is 0 Å². The molecular weight excluding hydrogens is 244 g/mol. The van der Waals surface area contributed by atoms with Crippen LogP contribution >= 0.6 is 0 Å². The van der Waals surface area contributed by atoms with E-state index in [-0.39, 0.29) is 18.6 Å². The van der Waals surface area contributed by atoms with Crippen LogP contribution in [0.15, 0.2) is 6.07 Å². The molecule has 0 atom stereocenters. The van der Waals surface area contributed by atoms with Crippen molar-refractivity contribution in [1.29, 1.82) is 0 Å². The standard InChI is InChI=1S/C15H20O4/c1-9-8-12(10(2)11(3)15(9)19-4)13(16)6-5-7-14(17)18/h8H,5-7H2,1-4H3,(H,17,18). The maximum absolute atomic E-state index is 12.1. The summed E-state index contributed by atoms with van der Waals surface area (Å²) in [5.41, 5.74) is 3.46. The Balaban J connectivity index is 2.95. The third kappa shape index (κ3) is 3.56. The van der Waals surface area contributed by atoms with E-state index in [0.29, 0.717) is 12.0 Å². The maximum Gasteiger partial charge on any atom is 0.303 e. The highest BCUT2D eigenvalue weighted by Gasteiger charge is 2.16. The average Bonchev–Trinajstić information content (AvgIpc) is 2.33. The Bertz CT molecular complexity index is 503. The normalized spacial score (nSPS) is 10.3. The van der Waals surface area contributed by atoms with Crippen molar-refractivity contribution >= 4 is 11.8 Å². The number of benzene rings is 1. The third-order valence-corrected chi connectivity index (χ3v) is 3.33. The van der Waals surface area contributed by atoms with Crippen molar-refractivity contribution in [3.63, 3.8) is 0 Å². The number of carbonyl (C=O) groups excluding carboxylic acids is 1. The van der Waals surface area contributed by atoms with Crippen LogP contribution in [0, 0.1) is 20.8 Å². The lowest BCUT2D eigenvalue weighted by molar-refractivity contribution is -0.137. The number of methoxy groups -OCH3 is 1. The monoisotopic (exact) mass is 264 g/mol. The van der Waals surface area contributed by atoms with Gasteiger partial charge in [0.15, 0.2) is 5.78 Å². The van der Waals surface area contributed by atoms with E-state index < -0.39 is 5.97 Å². The van der Waals surface area contributed by atoms with Gasteiger partial charge in [-0.25, -0.2) is 0 Å². The van der Waals surface area contributed by atoms with E-state index in [2.05, 4.69) is 0 Å². The fourth-order valence-electron chi connectivity index (χ4n) is 2.20. The second kappa shape index (κ2) is 6.36. The van der Waals surface area contributed by atoms with E-state index in [0.717, 1.165) is 22.4 Å². The first-order valence-electron chi connectivity index (χ1n) is 6.28. The highest BCUT2D eigenvalue weighted by Crippen LogP contribution is 2.29. The van der Waals surface area contributed by atoms with Crippen LogP contribution < -0.4 is 4.74 Å². The summed E-state index contributed by atoms with van der Waals surface area (Å²) in [4.78, 5) is 22.6. The zero-order valence-corrected chi connectivity index (χ0v) is 11.9. The first kappa shape index (κ1) is 15.2. The average molecular weight is 264 g/mol. The van der Waals surface area contributed by atoms with Crippen molar-refractivity contribution in [1.82, 2.24) is 0 Å². The Morgan fingerprint density at radius 2 is 1.79 bits per heavy atom. The summed E-state index contributed by atoms with van der Waals surface area (Å²) in [6.45, 7) is 5.72. The molecule has 4 nitrogen and oxygen atoms in total. The molecule has 0 amide bonds. The van der Waals surface area contributed by atoms with E-state index in [1.54, 1.807) is 7.11 Å². The van der Waals surface area contributed by atoms with Crippen molar-refractivity contribution in [3.8, 4) is 5.75 Å². The first-order valence-corrected chi connectivity index (χ1v) is 6.28. The van der Waals surface area contributed by atoms with Crippen LogP contribution in [-0.4, -0.2) is 24.0 Å². The van der Waals surface area contributed by atoms with Crippen molar-refractivity contribution in [2.75, 3.05) is 7.11 Å². The fraction of sp³-hybridized carbons (Fsp3) is 0.467. The lowest BCUT2D eigenvalue weighted by atomic mass is 9.94. The molecule has 0 aliphatic rings. The third-order valence-electron chi connectivity index (χ3n) is 3.33. The topological polar surface area (TPSA) is 63.6 Å². The molecule has 1 aromatic carbocycles. The SMILES string of the molecule is COc1c(C)cc(C(=O)CCCC(=O)O)c(C)c1C. The van der Waals surface area contributed by atoms with Crippen LogP contribution in [0.1, 0.15) is 46.3 Å². The number of Topliss-reactive ketones (excluding diaryl/α,β-unsaturated/α-hetero) is 1. The molecule has 0 saturated carbocycles. The Hall–Kier alpha value is -1.84. The molecule has 1 N–H and O–H groups in total. The number of carbonyl (C=O) groups is 2. The van der Waals surface area contributed by atoms with Gasteiger partial charge < -0.3 is 9.84 Å². The molecule has 0 spiro atoms. The second-order valence-electron chi connectivity index (χ2n) is 4.69. The van der Waals surface area contributed by atoms with E-state index in [1.807, 2.05) is 26.8 Å². The van der Waals surface area contributed by atoms with Crippen LogP contribution in [0.3, 0.4) is 0 Å². The number of rotatable bonds is 6. The molecule has 4 heteroatoms. The van der Waals surface area contributed by atoms with Crippen molar-refractivity contribution in [3.05, 3.63) is 28.3 Å². The van der Waals surface area contributed by atoms with Crippen LogP contribution in [0.2, 0.25) is 0 Å². The summed E-state index contributed by atoms with van der Waals surface area (Å²) in [5, 5.41) is 8.58. The minimum absolute atomic E-state index is 0.00685. The number of aryl methyl sites for hydroxylation is 1. The number of ketones is 1. The van der Waals surface area contributed by atoms with Gasteiger partial charge in [-0.1, -0.05) is 0 Å². The molecule has 0 fully saturated rings. The van der Waals surface area contributed by atoms with Gasteiger partial charge >= 0.3 is 5.97 Å². The van der Waals surface area contributed by atoms with Gasteiger partial charge in [0, 0.05) is 18.4 Å². The summed E-state index contributed by atoms with van der Waals surface area (Å²) in [6, 6.07) is 1.82. The van der Waals surface area contributed by atoms with Crippen molar-refractivity contribution in [2.45, 2.75) is 40.0 Å². The number of ether oxygens (including phenoxy) is 1. The van der Waals surface area contributed by atoms with E-state index >= 15 is 0 Å². The van der Waals surface area contributed by atoms with E-state index in [4.69, 9.17) is 9.84 Å². The summed E-state index contributed by atoms with van der Waals surface area (Å²) in [6.07, 6.45) is 0.662. The number of hydrogen-bond acceptors (Lipinski definition) is 3. The molecule has 19 heavy (non-hydrogen) atoms. The van der Waals surface area contributed by atoms with Crippen molar-refractivity contribution in [2.24, 2.45) is 0 Å². The second-order valence-corrected chi connectivity index (χ2v) is 4.69. The zero-order chi connectivity index (χ0) is 14.6. The Morgan fingerprint density at radius 1 is 1.16 bits per heavy atom. The molecule has 1 aromatic rings. The van der Waals surface area contributed by atoms with Gasteiger partial charge in [0.05, 0.1) is 7.11 Å². The molecule has 0 unspecified atom stereocenters. The zero-order valence-electron chi connectivity index (χ0n) is 11.9. The molecule has 0 aromatic heterocycles.